The Labute approximate surface area is 136 Å². The van der Waals surface area contributed by atoms with Gasteiger partial charge in [0.25, 0.3) is 5.91 Å². The lowest BCUT2D eigenvalue weighted by molar-refractivity contribution is -0.135. The molecule has 7 heteroatoms. The van der Waals surface area contributed by atoms with Crippen LogP contribution in [-0.2, 0) is 4.79 Å². The van der Waals surface area contributed by atoms with Crippen molar-refractivity contribution in [2.75, 3.05) is 11.9 Å². The van der Waals surface area contributed by atoms with Gasteiger partial charge in [-0.2, -0.15) is 0 Å². The van der Waals surface area contributed by atoms with Crippen LogP contribution in [-0.4, -0.2) is 23.2 Å². The molecule has 4 nitrogen and oxygen atoms in total. The summed E-state index contributed by atoms with van der Waals surface area (Å²) >= 11 is 5.55. The molecule has 0 bridgehead atoms. The number of aliphatic hydroxyl groups is 1. The van der Waals surface area contributed by atoms with E-state index in [0.29, 0.717) is 5.75 Å². The predicted molar refractivity (Wildman–Crippen MR) is 82.6 cm³/mol. The van der Waals surface area contributed by atoms with Crippen LogP contribution in [0, 0.1) is 11.6 Å². The Morgan fingerprint density at radius 3 is 2.52 bits per heavy atom. The van der Waals surface area contributed by atoms with E-state index in [4.69, 9.17) is 16.3 Å². The first-order valence-corrected chi connectivity index (χ1v) is 7.03. The van der Waals surface area contributed by atoms with Gasteiger partial charge in [0.05, 0.1) is 5.02 Å². The molecule has 122 valence electrons. The molecule has 0 heterocycles. The second-order valence-corrected chi connectivity index (χ2v) is 5.51. The molecule has 0 saturated heterocycles. The van der Waals surface area contributed by atoms with Crippen molar-refractivity contribution < 1.29 is 23.4 Å². The Hall–Kier alpha value is -2.18. The summed E-state index contributed by atoms with van der Waals surface area (Å²) in [5.74, 6) is -1.59. The third kappa shape index (κ3) is 4.64. The van der Waals surface area contributed by atoms with Crippen molar-refractivity contribution >= 4 is 23.2 Å². The van der Waals surface area contributed by atoms with E-state index in [-0.39, 0.29) is 17.3 Å². The van der Waals surface area contributed by atoms with Crippen molar-refractivity contribution in [2.45, 2.75) is 12.5 Å². The van der Waals surface area contributed by atoms with Gasteiger partial charge in [0, 0.05) is 5.69 Å². The molecular weight excluding hydrogens is 328 g/mol. The third-order valence-corrected chi connectivity index (χ3v) is 3.31. The van der Waals surface area contributed by atoms with Crippen LogP contribution >= 0.6 is 11.6 Å². The van der Waals surface area contributed by atoms with E-state index >= 15 is 0 Å². The normalized spacial score (nSPS) is 13.3. The van der Waals surface area contributed by atoms with Gasteiger partial charge < -0.3 is 15.2 Å². The Balaban J connectivity index is 1.98. The van der Waals surface area contributed by atoms with E-state index in [1.165, 1.54) is 43.3 Å². The summed E-state index contributed by atoms with van der Waals surface area (Å²) in [5, 5.41) is 12.4. The van der Waals surface area contributed by atoms with Gasteiger partial charge in [-0.15, -0.1) is 0 Å². The Bertz CT molecular complexity index is 705. The zero-order valence-electron chi connectivity index (χ0n) is 12.1. The monoisotopic (exact) mass is 341 g/mol. The molecule has 0 aliphatic heterocycles. The second-order valence-electron chi connectivity index (χ2n) is 5.10. The quantitative estimate of drug-likeness (QED) is 0.876. The molecule has 1 amide bonds. The molecule has 2 N–H and O–H groups in total. The first-order valence-electron chi connectivity index (χ1n) is 6.65. The summed E-state index contributed by atoms with van der Waals surface area (Å²) in [6, 6.07) is 8.87. The summed E-state index contributed by atoms with van der Waals surface area (Å²) in [4.78, 5) is 12.0. The number of rotatable bonds is 5. The van der Waals surface area contributed by atoms with Crippen molar-refractivity contribution in [3.8, 4) is 5.75 Å². The average Bonchev–Trinajstić information content (AvgIpc) is 2.50. The van der Waals surface area contributed by atoms with Crippen LogP contribution in [0.15, 0.2) is 42.5 Å². The predicted octanol–water partition coefficient (Wildman–Crippen LogP) is 3.39. The van der Waals surface area contributed by atoms with Gasteiger partial charge in [0.1, 0.15) is 24.0 Å². The molecule has 0 radical (unpaired) electrons. The standard InChI is InChI=1S/C16H14ClF2NO3/c1-16(22,9-23-12-5-2-10(18)3-6-12)15(21)20-11-4-7-13(17)14(19)8-11/h2-8,22H,9H2,1H3,(H,20,21)/t16-/m0/s1. The van der Waals surface area contributed by atoms with Crippen LogP contribution in [0.3, 0.4) is 0 Å². The summed E-state index contributed by atoms with van der Waals surface area (Å²) in [5.41, 5.74) is -1.72. The summed E-state index contributed by atoms with van der Waals surface area (Å²) in [6.45, 7) is 0.888. The molecule has 2 rings (SSSR count). The minimum Gasteiger partial charge on any atom is -0.490 e. The highest BCUT2D eigenvalue weighted by Crippen LogP contribution is 2.20. The minimum atomic E-state index is -1.87. The number of anilines is 1. The van der Waals surface area contributed by atoms with E-state index in [1.54, 1.807) is 0 Å². The van der Waals surface area contributed by atoms with Gasteiger partial charge in [-0.1, -0.05) is 11.6 Å². The number of nitrogens with one attached hydrogen (secondary N) is 1. The first-order chi connectivity index (χ1) is 10.8. The first kappa shape index (κ1) is 17.2. The summed E-state index contributed by atoms with van der Waals surface area (Å²) in [7, 11) is 0. The number of hydrogen-bond donors (Lipinski definition) is 2. The van der Waals surface area contributed by atoms with Crippen LogP contribution in [0.4, 0.5) is 14.5 Å². The highest BCUT2D eigenvalue weighted by molar-refractivity contribution is 6.30. The number of hydrogen-bond acceptors (Lipinski definition) is 3. The van der Waals surface area contributed by atoms with Gasteiger partial charge in [0.15, 0.2) is 5.60 Å². The van der Waals surface area contributed by atoms with Crippen LogP contribution in [0.5, 0.6) is 5.75 Å². The van der Waals surface area contributed by atoms with Crippen LogP contribution in [0.2, 0.25) is 5.02 Å². The van der Waals surface area contributed by atoms with Crippen molar-refractivity contribution in [3.63, 3.8) is 0 Å². The van der Waals surface area contributed by atoms with E-state index in [9.17, 15) is 18.7 Å². The zero-order valence-corrected chi connectivity index (χ0v) is 12.9. The number of carbonyl (C=O) groups excluding carboxylic acids is 1. The maximum Gasteiger partial charge on any atom is 0.259 e. The molecule has 0 fully saturated rings. The lowest BCUT2D eigenvalue weighted by Gasteiger charge is -2.22. The Kier molecular flexibility index (Phi) is 5.18. The van der Waals surface area contributed by atoms with E-state index < -0.39 is 23.1 Å². The number of ether oxygens (including phenoxy) is 1. The van der Waals surface area contributed by atoms with Crippen molar-refractivity contribution in [2.24, 2.45) is 0 Å². The molecule has 1 atom stereocenters. The number of carbonyl (C=O) groups is 1. The molecule has 0 spiro atoms. The van der Waals surface area contributed by atoms with Crippen molar-refractivity contribution in [1.29, 1.82) is 0 Å². The Morgan fingerprint density at radius 2 is 1.91 bits per heavy atom. The molecule has 0 aliphatic rings. The lowest BCUT2D eigenvalue weighted by Crippen LogP contribution is -2.45. The maximum atomic E-state index is 13.3. The highest BCUT2D eigenvalue weighted by Gasteiger charge is 2.31. The molecule has 0 aliphatic carbocycles. The van der Waals surface area contributed by atoms with Gasteiger partial charge >= 0.3 is 0 Å². The molecular formula is C16H14ClF2NO3. The number of halogens is 3. The topological polar surface area (TPSA) is 58.6 Å². The SMILES string of the molecule is C[C@](O)(COc1ccc(F)cc1)C(=O)Nc1ccc(Cl)c(F)c1. The van der Waals surface area contributed by atoms with Gasteiger partial charge in [-0.3, -0.25) is 4.79 Å². The number of benzene rings is 2. The lowest BCUT2D eigenvalue weighted by atomic mass is 10.1. The fourth-order valence-corrected chi connectivity index (χ4v) is 1.78. The van der Waals surface area contributed by atoms with Crippen LogP contribution < -0.4 is 10.1 Å². The fourth-order valence-electron chi connectivity index (χ4n) is 1.66. The second kappa shape index (κ2) is 6.93. The zero-order chi connectivity index (χ0) is 17.0. The largest absolute Gasteiger partial charge is 0.490 e. The highest BCUT2D eigenvalue weighted by atomic mass is 35.5. The van der Waals surface area contributed by atoms with Gasteiger partial charge in [0.2, 0.25) is 0 Å². The molecule has 23 heavy (non-hydrogen) atoms. The molecule has 0 unspecified atom stereocenters. The summed E-state index contributed by atoms with van der Waals surface area (Å²) < 4.78 is 31.4. The minimum absolute atomic E-state index is 0.0746. The van der Waals surface area contributed by atoms with Crippen LogP contribution in [0.1, 0.15) is 6.92 Å². The van der Waals surface area contributed by atoms with Crippen LogP contribution in [0.25, 0.3) is 0 Å². The van der Waals surface area contributed by atoms with E-state index in [1.807, 2.05) is 0 Å². The van der Waals surface area contributed by atoms with Crippen molar-refractivity contribution in [3.05, 3.63) is 59.1 Å². The maximum absolute atomic E-state index is 13.3. The fraction of sp³-hybridized carbons (Fsp3) is 0.188. The van der Waals surface area contributed by atoms with Gasteiger partial charge in [-0.05, 0) is 49.4 Å². The summed E-state index contributed by atoms with van der Waals surface area (Å²) in [6.07, 6.45) is 0. The molecule has 0 aromatic heterocycles. The third-order valence-electron chi connectivity index (χ3n) is 3.00. The number of amides is 1. The van der Waals surface area contributed by atoms with E-state index in [2.05, 4.69) is 5.32 Å². The van der Waals surface area contributed by atoms with Gasteiger partial charge in [-0.25, -0.2) is 8.78 Å². The van der Waals surface area contributed by atoms with Crippen molar-refractivity contribution in [1.82, 2.24) is 0 Å². The molecule has 2 aromatic rings. The molecule has 2 aromatic carbocycles. The average molecular weight is 342 g/mol. The Morgan fingerprint density at radius 1 is 1.26 bits per heavy atom. The van der Waals surface area contributed by atoms with E-state index in [0.717, 1.165) is 6.07 Å². The smallest absolute Gasteiger partial charge is 0.259 e. The molecule has 0 saturated carbocycles.